The Morgan fingerprint density at radius 2 is 1.97 bits per heavy atom. The van der Waals surface area contributed by atoms with E-state index in [0.717, 1.165) is 24.6 Å². The van der Waals surface area contributed by atoms with Crippen LogP contribution in [0.3, 0.4) is 0 Å². The first-order valence-corrected chi connectivity index (χ1v) is 11.4. The highest BCUT2D eigenvalue weighted by Crippen LogP contribution is 2.36. The molecule has 162 valence electrons. The summed E-state index contributed by atoms with van der Waals surface area (Å²) in [5.41, 5.74) is 1.01. The molecule has 30 heavy (non-hydrogen) atoms. The third-order valence-corrected chi connectivity index (χ3v) is 6.83. The number of halogens is 1. The zero-order valence-electron chi connectivity index (χ0n) is 16.3. The summed E-state index contributed by atoms with van der Waals surface area (Å²) in [5, 5.41) is 12.7. The number of carbonyl (C=O) groups excluding carboxylic acids is 1. The maximum absolute atomic E-state index is 14.5. The van der Waals surface area contributed by atoms with Crippen molar-refractivity contribution in [3.8, 4) is 0 Å². The van der Waals surface area contributed by atoms with Crippen LogP contribution in [0.4, 0.5) is 20.7 Å². The number of carbonyl (C=O) groups is 1. The number of ether oxygens (including phenoxy) is 1. The second-order valence-electron chi connectivity index (χ2n) is 7.54. The summed E-state index contributed by atoms with van der Waals surface area (Å²) in [6.45, 7) is 0.566. The molecule has 3 heterocycles. The van der Waals surface area contributed by atoms with Crippen molar-refractivity contribution in [2.24, 2.45) is 0 Å². The molecular formula is C19H24FN5O4S. The van der Waals surface area contributed by atoms with Crippen LogP contribution in [0.2, 0.25) is 0 Å². The van der Waals surface area contributed by atoms with Gasteiger partial charge in [0.05, 0.1) is 10.6 Å². The lowest BCUT2D eigenvalue weighted by molar-refractivity contribution is 0.100. The lowest BCUT2D eigenvalue weighted by Crippen LogP contribution is -2.30. The first-order valence-electron chi connectivity index (χ1n) is 9.97. The smallest absolute Gasteiger partial charge is 0.407 e. The van der Waals surface area contributed by atoms with Crippen molar-refractivity contribution >= 4 is 27.6 Å². The predicted molar refractivity (Wildman–Crippen MR) is 108 cm³/mol. The van der Waals surface area contributed by atoms with Crippen molar-refractivity contribution in [1.82, 2.24) is 20.2 Å². The number of rotatable bonds is 0. The van der Waals surface area contributed by atoms with Gasteiger partial charge in [0.25, 0.3) is 0 Å². The minimum atomic E-state index is -3.83. The van der Waals surface area contributed by atoms with Gasteiger partial charge in [-0.3, -0.25) is 5.10 Å². The molecular weight excluding hydrogens is 413 g/mol. The first kappa shape index (κ1) is 20.6. The van der Waals surface area contributed by atoms with Crippen molar-refractivity contribution in [3.63, 3.8) is 0 Å². The molecule has 1 fully saturated rings. The Morgan fingerprint density at radius 3 is 2.80 bits per heavy atom. The van der Waals surface area contributed by atoms with Crippen LogP contribution in [-0.4, -0.2) is 43.9 Å². The summed E-state index contributed by atoms with van der Waals surface area (Å²) in [6.07, 6.45) is 2.78. The number of hydrogen-bond donors (Lipinski definition) is 4. The number of aromatic nitrogens is 2. The van der Waals surface area contributed by atoms with E-state index < -0.39 is 21.9 Å². The predicted octanol–water partition coefficient (Wildman–Crippen LogP) is 2.73. The molecule has 0 spiro atoms. The number of alkyl carbamates (subject to hydrolysis) is 1. The summed E-state index contributed by atoms with van der Waals surface area (Å²) in [5.74, 6) is -0.0945. The molecule has 0 radical (unpaired) electrons. The average molecular weight is 437 g/mol. The monoisotopic (exact) mass is 437 g/mol. The van der Waals surface area contributed by atoms with Crippen LogP contribution in [0.25, 0.3) is 0 Å². The Hall–Kier alpha value is -2.66. The van der Waals surface area contributed by atoms with Gasteiger partial charge < -0.3 is 15.4 Å². The molecule has 3 aliphatic rings. The molecule has 2 aliphatic heterocycles. The molecule has 1 aliphatic carbocycles. The number of anilines is 2. The van der Waals surface area contributed by atoms with Gasteiger partial charge in [-0.15, -0.1) is 0 Å². The molecule has 0 unspecified atom stereocenters. The van der Waals surface area contributed by atoms with Crippen molar-refractivity contribution in [2.45, 2.75) is 49.0 Å². The number of nitrogens with zero attached hydrogens (tertiary/aromatic N) is 1. The average Bonchev–Trinajstić information content (AvgIpc) is 3.35. The van der Waals surface area contributed by atoms with Gasteiger partial charge in [0.15, 0.2) is 5.82 Å². The van der Waals surface area contributed by atoms with E-state index >= 15 is 0 Å². The summed E-state index contributed by atoms with van der Waals surface area (Å²) in [6, 6.07) is 5.50. The van der Waals surface area contributed by atoms with E-state index in [-0.39, 0.29) is 29.1 Å². The molecule has 0 saturated heterocycles. The number of aromatic amines is 1. The van der Waals surface area contributed by atoms with E-state index in [1.165, 1.54) is 12.1 Å². The fraction of sp³-hybridized carbons (Fsp3) is 0.474. The molecule has 9 nitrogen and oxygen atoms in total. The summed E-state index contributed by atoms with van der Waals surface area (Å²) in [7, 11) is -3.83. The van der Waals surface area contributed by atoms with Crippen molar-refractivity contribution in [2.75, 3.05) is 18.4 Å². The third kappa shape index (κ3) is 4.73. The SMILES string of the molecule is O=C1NCCCCNS(=O)(=O)c2ccc(c(F)c2)Nc2cc([nH]n2)[C@H]2CC[C@H](C2)O1. The van der Waals surface area contributed by atoms with Crippen LogP contribution in [0.5, 0.6) is 0 Å². The van der Waals surface area contributed by atoms with Crippen LogP contribution >= 0.6 is 0 Å². The Morgan fingerprint density at radius 1 is 1.13 bits per heavy atom. The van der Waals surface area contributed by atoms with Gasteiger partial charge in [-0.2, -0.15) is 5.10 Å². The zero-order chi connectivity index (χ0) is 21.1. The molecule has 1 aromatic heterocycles. The lowest BCUT2D eigenvalue weighted by atomic mass is 10.0. The van der Waals surface area contributed by atoms with Gasteiger partial charge >= 0.3 is 6.09 Å². The third-order valence-electron chi connectivity index (χ3n) is 5.37. The Bertz CT molecular complexity index is 1030. The molecule has 2 aromatic rings. The van der Waals surface area contributed by atoms with Crippen molar-refractivity contribution in [3.05, 3.63) is 35.8 Å². The van der Waals surface area contributed by atoms with Crippen LogP contribution in [0.15, 0.2) is 29.2 Å². The topological polar surface area (TPSA) is 125 Å². The number of H-pyrrole nitrogens is 1. The highest BCUT2D eigenvalue weighted by Gasteiger charge is 2.30. The standard InChI is InChI=1S/C19H24FN5O4S/c20-15-10-14-5-6-16(15)23-18-11-17(24-25-18)12-3-4-13(9-12)29-19(26)21-7-1-2-8-22-30(14,27)28/h5-6,10-13,22H,1-4,7-9H2,(H,21,26)(H2,23,24,25)/t12-,13+/m0/s1. The quantitative estimate of drug-likeness (QED) is 0.502. The largest absolute Gasteiger partial charge is 0.446 e. The number of nitrogens with one attached hydrogen (secondary N) is 4. The molecule has 2 atom stereocenters. The van der Waals surface area contributed by atoms with E-state index in [0.29, 0.717) is 31.6 Å². The minimum Gasteiger partial charge on any atom is -0.446 e. The molecule has 5 rings (SSSR count). The number of hydrogen-bond acceptors (Lipinski definition) is 6. The maximum Gasteiger partial charge on any atom is 0.407 e. The highest BCUT2D eigenvalue weighted by molar-refractivity contribution is 7.89. The van der Waals surface area contributed by atoms with Crippen LogP contribution in [0, 0.1) is 5.82 Å². The molecule has 1 amide bonds. The summed E-state index contributed by atoms with van der Waals surface area (Å²) in [4.78, 5) is 11.8. The number of fused-ring (bicyclic) bond motifs is 10. The fourth-order valence-electron chi connectivity index (χ4n) is 3.77. The number of benzene rings is 1. The Kier molecular flexibility index (Phi) is 5.91. The van der Waals surface area contributed by atoms with E-state index in [1.807, 2.05) is 0 Å². The van der Waals surface area contributed by atoms with Crippen LogP contribution in [-0.2, 0) is 14.8 Å². The van der Waals surface area contributed by atoms with Gasteiger partial charge in [0.1, 0.15) is 11.9 Å². The molecule has 6 bridgehead atoms. The Labute approximate surface area is 173 Å². The maximum atomic E-state index is 14.5. The Balaban J connectivity index is 1.56. The fourth-order valence-corrected chi connectivity index (χ4v) is 4.85. The second kappa shape index (κ2) is 8.60. The normalized spacial score (nSPS) is 24.5. The molecule has 1 aromatic carbocycles. The van der Waals surface area contributed by atoms with E-state index in [2.05, 4.69) is 25.6 Å². The van der Waals surface area contributed by atoms with E-state index in [1.54, 1.807) is 6.07 Å². The molecule has 11 heteroatoms. The van der Waals surface area contributed by atoms with Gasteiger partial charge in [-0.1, -0.05) is 0 Å². The molecule has 4 N–H and O–H groups in total. The van der Waals surface area contributed by atoms with Crippen molar-refractivity contribution in [1.29, 1.82) is 0 Å². The second-order valence-corrected chi connectivity index (χ2v) is 9.31. The van der Waals surface area contributed by atoms with Crippen molar-refractivity contribution < 1.29 is 22.3 Å². The van der Waals surface area contributed by atoms with Crippen LogP contribution in [0.1, 0.15) is 43.7 Å². The van der Waals surface area contributed by atoms with Gasteiger partial charge in [0, 0.05) is 30.8 Å². The van der Waals surface area contributed by atoms with E-state index in [9.17, 15) is 17.6 Å². The summed E-state index contributed by atoms with van der Waals surface area (Å²) >= 11 is 0. The van der Waals surface area contributed by atoms with Crippen LogP contribution < -0.4 is 15.4 Å². The summed E-state index contributed by atoms with van der Waals surface area (Å²) < 4.78 is 47.2. The molecule has 1 saturated carbocycles. The first-order chi connectivity index (χ1) is 14.4. The lowest BCUT2D eigenvalue weighted by Gasteiger charge is -2.13. The minimum absolute atomic E-state index is 0.130. The highest BCUT2D eigenvalue weighted by atomic mass is 32.2. The zero-order valence-corrected chi connectivity index (χ0v) is 17.1. The van der Waals surface area contributed by atoms with Gasteiger partial charge in [-0.25, -0.2) is 22.3 Å². The number of sulfonamides is 1. The van der Waals surface area contributed by atoms with E-state index in [4.69, 9.17) is 4.74 Å². The van der Waals surface area contributed by atoms with Gasteiger partial charge in [0.2, 0.25) is 10.0 Å². The number of amides is 1. The van der Waals surface area contributed by atoms with Gasteiger partial charge in [-0.05, 0) is 50.3 Å².